The zero-order valence-electron chi connectivity index (χ0n) is 11.4. The van der Waals surface area contributed by atoms with Gasteiger partial charge in [-0.2, -0.15) is 0 Å². The number of rotatable bonds is 6. The normalized spacial score (nSPS) is 24.2. The van der Waals surface area contributed by atoms with E-state index in [1.54, 1.807) is 5.57 Å². The minimum Gasteiger partial charge on any atom is -0.324 e. The molecule has 0 aromatic heterocycles. The van der Waals surface area contributed by atoms with Crippen LogP contribution < -0.4 is 5.73 Å². The average molecular weight is 223 g/mol. The second kappa shape index (κ2) is 6.44. The molecule has 1 atom stereocenters. The summed E-state index contributed by atoms with van der Waals surface area (Å²) in [7, 11) is 0. The summed E-state index contributed by atoms with van der Waals surface area (Å²) >= 11 is 0. The Morgan fingerprint density at radius 3 is 2.56 bits per heavy atom. The first-order chi connectivity index (χ1) is 7.53. The van der Waals surface area contributed by atoms with E-state index in [0.29, 0.717) is 11.5 Å². The van der Waals surface area contributed by atoms with Crippen LogP contribution in [-0.4, -0.2) is 6.04 Å². The second-order valence-corrected chi connectivity index (χ2v) is 6.20. The Balaban J connectivity index is 2.26. The summed E-state index contributed by atoms with van der Waals surface area (Å²) in [6.45, 7) is 6.96. The number of hydrogen-bond acceptors (Lipinski definition) is 1. The molecule has 1 nitrogen and oxygen atoms in total. The fourth-order valence-corrected chi connectivity index (χ4v) is 2.87. The van der Waals surface area contributed by atoms with Crippen LogP contribution in [0.5, 0.6) is 0 Å². The van der Waals surface area contributed by atoms with Crippen LogP contribution in [-0.2, 0) is 0 Å². The first kappa shape index (κ1) is 13.8. The van der Waals surface area contributed by atoms with Gasteiger partial charge in [-0.05, 0) is 31.1 Å². The smallest absolute Gasteiger partial charge is 0.0231 e. The Kier molecular flexibility index (Phi) is 5.54. The molecule has 0 radical (unpaired) electrons. The lowest BCUT2D eigenvalue weighted by molar-refractivity contribution is 0.297. The Morgan fingerprint density at radius 1 is 1.25 bits per heavy atom. The van der Waals surface area contributed by atoms with Gasteiger partial charge in [-0.15, -0.1) is 0 Å². The van der Waals surface area contributed by atoms with Gasteiger partial charge in [0.25, 0.3) is 0 Å². The highest BCUT2D eigenvalue weighted by Gasteiger charge is 2.26. The van der Waals surface area contributed by atoms with Crippen molar-refractivity contribution in [2.75, 3.05) is 0 Å². The fourth-order valence-electron chi connectivity index (χ4n) is 2.87. The van der Waals surface area contributed by atoms with Crippen molar-refractivity contribution in [3.05, 3.63) is 11.6 Å². The molecule has 0 fully saturated rings. The predicted octanol–water partition coefficient (Wildman–Crippen LogP) is 4.42. The van der Waals surface area contributed by atoms with Crippen LogP contribution in [0.4, 0.5) is 0 Å². The van der Waals surface area contributed by atoms with Gasteiger partial charge in [0.1, 0.15) is 0 Å². The molecular weight excluding hydrogens is 194 g/mol. The predicted molar refractivity (Wildman–Crippen MR) is 72.4 cm³/mol. The molecule has 0 aromatic carbocycles. The lowest BCUT2D eigenvalue weighted by Crippen LogP contribution is -2.30. The summed E-state index contributed by atoms with van der Waals surface area (Å²) in [5, 5.41) is 0. The van der Waals surface area contributed by atoms with Gasteiger partial charge in [-0.25, -0.2) is 0 Å². The van der Waals surface area contributed by atoms with Crippen LogP contribution >= 0.6 is 0 Å². The summed E-state index contributed by atoms with van der Waals surface area (Å²) in [5.41, 5.74) is 8.11. The summed E-state index contributed by atoms with van der Waals surface area (Å²) in [6.07, 6.45) is 12.9. The van der Waals surface area contributed by atoms with Gasteiger partial charge in [-0.1, -0.05) is 58.1 Å². The fraction of sp³-hybridized carbons (Fsp3) is 0.867. The molecule has 0 amide bonds. The minimum atomic E-state index is 0.300. The third-order valence-electron chi connectivity index (χ3n) is 3.55. The molecule has 0 aliphatic heterocycles. The quantitative estimate of drug-likeness (QED) is 0.523. The Hall–Kier alpha value is -0.300. The van der Waals surface area contributed by atoms with Gasteiger partial charge in [0.2, 0.25) is 0 Å². The van der Waals surface area contributed by atoms with Gasteiger partial charge in [0.15, 0.2) is 0 Å². The molecule has 0 bridgehead atoms. The third-order valence-corrected chi connectivity index (χ3v) is 3.55. The molecule has 16 heavy (non-hydrogen) atoms. The van der Waals surface area contributed by atoms with Crippen molar-refractivity contribution in [3.8, 4) is 0 Å². The van der Waals surface area contributed by atoms with E-state index in [0.717, 1.165) is 6.42 Å². The summed E-state index contributed by atoms with van der Waals surface area (Å²) in [6, 6.07) is 0.300. The average Bonchev–Trinajstić information content (AvgIpc) is 2.14. The molecule has 1 heteroatoms. The third kappa shape index (κ3) is 5.16. The monoisotopic (exact) mass is 223 g/mol. The van der Waals surface area contributed by atoms with E-state index in [2.05, 4.69) is 26.8 Å². The van der Waals surface area contributed by atoms with Gasteiger partial charge in [-0.3, -0.25) is 0 Å². The Bertz CT molecular complexity index is 228. The van der Waals surface area contributed by atoms with E-state index < -0.39 is 0 Å². The molecular formula is C15H29N. The molecule has 0 saturated carbocycles. The van der Waals surface area contributed by atoms with E-state index in [4.69, 9.17) is 5.73 Å². The standard InChI is InChI=1S/C15H29N/c1-4-5-6-7-8-9-13-10-14(16)12-15(2,3)11-13/h10,14H,4-9,11-12,16H2,1-3H3. The first-order valence-electron chi connectivity index (χ1n) is 6.98. The maximum atomic E-state index is 6.08. The molecule has 1 aliphatic rings. The molecule has 94 valence electrons. The summed E-state index contributed by atoms with van der Waals surface area (Å²) < 4.78 is 0. The van der Waals surface area contributed by atoms with Crippen LogP contribution in [0.25, 0.3) is 0 Å². The SMILES string of the molecule is CCCCCCCC1=CC(N)CC(C)(C)C1. The van der Waals surface area contributed by atoms with Crippen molar-refractivity contribution in [3.63, 3.8) is 0 Å². The molecule has 1 rings (SSSR count). The van der Waals surface area contributed by atoms with Crippen molar-refractivity contribution >= 4 is 0 Å². The van der Waals surface area contributed by atoms with Crippen molar-refractivity contribution in [2.45, 2.75) is 78.2 Å². The summed E-state index contributed by atoms with van der Waals surface area (Å²) in [5.74, 6) is 0. The molecule has 0 saturated heterocycles. The van der Waals surface area contributed by atoms with Crippen LogP contribution in [0.1, 0.15) is 72.1 Å². The summed E-state index contributed by atoms with van der Waals surface area (Å²) in [4.78, 5) is 0. The second-order valence-electron chi connectivity index (χ2n) is 6.20. The van der Waals surface area contributed by atoms with Gasteiger partial charge >= 0.3 is 0 Å². The topological polar surface area (TPSA) is 26.0 Å². The largest absolute Gasteiger partial charge is 0.324 e. The molecule has 0 spiro atoms. The van der Waals surface area contributed by atoms with E-state index in [1.807, 2.05) is 0 Å². The maximum Gasteiger partial charge on any atom is 0.0231 e. The first-order valence-corrected chi connectivity index (χ1v) is 6.98. The maximum absolute atomic E-state index is 6.08. The zero-order valence-corrected chi connectivity index (χ0v) is 11.4. The molecule has 0 heterocycles. The van der Waals surface area contributed by atoms with E-state index in [9.17, 15) is 0 Å². The highest BCUT2D eigenvalue weighted by atomic mass is 14.6. The Morgan fingerprint density at radius 2 is 1.94 bits per heavy atom. The van der Waals surface area contributed by atoms with Gasteiger partial charge in [0, 0.05) is 6.04 Å². The highest BCUT2D eigenvalue weighted by Crippen LogP contribution is 2.36. The van der Waals surface area contributed by atoms with Crippen molar-refractivity contribution in [1.82, 2.24) is 0 Å². The molecule has 1 unspecified atom stereocenters. The van der Waals surface area contributed by atoms with Gasteiger partial charge in [0.05, 0.1) is 0 Å². The highest BCUT2D eigenvalue weighted by molar-refractivity contribution is 5.13. The van der Waals surface area contributed by atoms with Crippen molar-refractivity contribution < 1.29 is 0 Å². The van der Waals surface area contributed by atoms with Crippen LogP contribution in [0.15, 0.2) is 11.6 Å². The lowest BCUT2D eigenvalue weighted by Gasteiger charge is -2.33. The number of unbranched alkanes of at least 4 members (excludes halogenated alkanes) is 4. The van der Waals surface area contributed by atoms with Gasteiger partial charge < -0.3 is 5.73 Å². The Labute approximate surface area is 101 Å². The number of hydrogen-bond donors (Lipinski definition) is 1. The van der Waals surface area contributed by atoms with Crippen LogP contribution in [0.2, 0.25) is 0 Å². The van der Waals surface area contributed by atoms with E-state index in [-0.39, 0.29) is 0 Å². The minimum absolute atomic E-state index is 0.300. The van der Waals surface area contributed by atoms with Crippen LogP contribution in [0.3, 0.4) is 0 Å². The van der Waals surface area contributed by atoms with Crippen LogP contribution in [0, 0.1) is 5.41 Å². The number of allylic oxidation sites excluding steroid dienone is 1. The lowest BCUT2D eigenvalue weighted by atomic mass is 9.74. The van der Waals surface area contributed by atoms with Crippen molar-refractivity contribution in [2.24, 2.45) is 11.1 Å². The number of nitrogens with two attached hydrogens (primary N) is 1. The van der Waals surface area contributed by atoms with E-state index >= 15 is 0 Å². The molecule has 0 aromatic rings. The zero-order chi connectivity index (χ0) is 12.0. The molecule has 2 N–H and O–H groups in total. The van der Waals surface area contributed by atoms with E-state index in [1.165, 1.54) is 44.9 Å². The molecule has 1 aliphatic carbocycles. The van der Waals surface area contributed by atoms with Crippen molar-refractivity contribution in [1.29, 1.82) is 0 Å².